The van der Waals surface area contributed by atoms with E-state index in [1.165, 1.54) is 32.4 Å². The molecule has 0 aromatic heterocycles. The van der Waals surface area contributed by atoms with Crippen LogP contribution >= 0.6 is 0 Å². The Morgan fingerprint density at radius 1 is 1.11 bits per heavy atom. The first-order valence-corrected chi connectivity index (χ1v) is 7.91. The van der Waals surface area contributed by atoms with E-state index >= 15 is 0 Å². The van der Waals surface area contributed by atoms with Crippen molar-refractivity contribution in [3.8, 4) is 0 Å². The molecule has 0 aliphatic heterocycles. The van der Waals surface area contributed by atoms with Crippen molar-refractivity contribution in [2.24, 2.45) is 16.7 Å². The normalized spacial score (nSPS) is 15.4. The van der Waals surface area contributed by atoms with Gasteiger partial charge in [-0.15, -0.1) is 0 Å². The molecule has 114 valence electrons. The summed E-state index contributed by atoms with van der Waals surface area (Å²) in [5.41, 5.74) is 0.814. The summed E-state index contributed by atoms with van der Waals surface area (Å²) in [6, 6.07) is 0. The van der Waals surface area contributed by atoms with Crippen molar-refractivity contribution < 1.29 is 0 Å². The average Bonchev–Trinajstić information content (AvgIpc) is 2.19. The first kappa shape index (κ1) is 18.7. The predicted molar refractivity (Wildman–Crippen MR) is 88.6 cm³/mol. The molecular formula is C18H37N. The number of nitrogens with zero attached hydrogens (tertiary/aromatic N) is 1. The fourth-order valence-corrected chi connectivity index (χ4v) is 3.06. The molecule has 0 aromatic rings. The van der Waals surface area contributed by atoms with E-state index in [9.17, 15) is 0 Å². The third-order valence-electron chi connectivity index (χ3n) is 3.49. The van der Waals surface area contributed by atoms with Crippen LogP contribution in [0.25, 0.3) is 0 Å². The molecule has 1 nitrogen and oxygen atoms in total. The van der Waals surface area contributed by atoms with E-state index in [4.69, 9.17) is 0 Å². The van der Waals surface area contributed by atoms with Gasteiger partial charge in [-0.1, -0.05) is 67.0 Å². The van der Waals surface area contributed by atoms with Crippen molar-refractivity contribution in [2.75, 3.05) is 20.1 Å². The fourth-order valence-electron chi connectivity index (χ4n) is 3.06. The van der Waals surface area contributed by atoms with Gasteiger partial charge < -0.3 is 4.90 Å². The highest BCUT2D eigenvalue weighted by Gasteiger charge is 2.26. The zero-order chi connectivity index (χ0) is 15.1. The minimum absolute atomic E-state index is 0.396. The minimum atomic E-state index is 0.396. The number of allylic oxidation sites excluding steroid dienone is 1. The average molecular weight is 268 g/mol. The van der Waals surface area contributed by atoms with Crippen molar-refractivity contribution in [2.45, 2.75) is 67.7 Å². The molecule has 0 spiro atoms. The zero-order valence-corrected chi connectivity index (χ0v) is 14.7. The van der Waals surface area contributed by atoms with Gasteiger partial charge in [-0.05, 0) is 36.6 Å². The smallest absolute Gasteiger partial charge is 0.00300 e. The molecule has 0 aromatic carbocycles. The van der Waals surface area contributed by atoms with E-state index in [0.717, 1.165) is 5.92 Å². The standard InChI is InChI=1S/C18H37N/c1-9-16(2)12-10-11-13-19(8)15-18(6,7)14-17(3,4)5/h10,12,16H,9,11,13-15H2,1-8H3/b12-10+. The van der Waals surface area contributed by atoms with Crippen molar-refractivity contribution in [3.05, 3.63) is 12.2 Å². The van der Waals surface area contributed by atoms with Crippen molar-refractivity contribution in [1.82, 2.24) is 4.90 Å². The molecule has 1 heteroatoms. The molecule has 1 atom stereocenters. The number of rotatable bonds is 8. The van der Waals surface area contributed by atoms with Crippen molar-refractivity contribution in [3.63, 3.8) is 0 Å². The number of hydrogen-bond donors (Lipinski definition) is 0. The molecule has 0 radical (unpaired) electrons. The maximum atomic E-state index is 2.48. The van der Waals surface area contributed by atoms with E-state index in [1.54, 1.807) is 0 Å². The lowest BCUT2D eigenvalue weighted by atomic mass is 9.76. The Morgan fingerprint density at radius 3 is 2.16 bits per heavy atom. The van der Waals surface area contributed by atoms with Crippen molar-refractivity contribution >= 4 is 0 Å². The lowest BCUT2D eigenvalue weighted by Crippen LogP contribution is -2.34. The molecule has 0 fully saturated rings. The Morgan fingerprint density at radius 2 is 1.68 bits per heavy atom. The Hall–Kier alpha value is -0.300. The van der Waals surface area contributed by atoms with Gasteiger partial charge in [-0.25, -0.2) is 0 Å². The predicted octanol–water partition coefficient (Wildman–Crippen LogP) is 5.37. The Balaban J connectivity index is 4.03. The molecule has 0 aliphatic rings. The van der Waals surface area contributed by atoms with Gasteiger partial charge in [-0.3, -0.25) is 0 Å². The molecule has 0 rings (SSSR count). The lowest BCUT2D eigenvalue weighted by Gasteiger charge is -2.35. The summed E-state index contributed by atoms with van der Waals surface area (Å²) in [6.45, 7) is 18.7. The summed E-state index contributed by atoms with van der Waals surface area (Å²) >= 11 is 0. The molecule has 0 heterocycles. The summed E-state index contributed by atoms with van der Waals surface area (Å²) in [5, 5.41) is 0. The van der Waals surface area contributed by atoms with Crippen LogP contribution in [0.3, 0.4) is 0 Å². The maximum Gasteiger partial charge on any atom is 0.00300 e. The molecule has 0 N–H and O–H groups in total. The molecule has 19 heavy (non-hydrogen) atoms. The van der Waals surface area contributed by atoms with E-state index < -0.39 is 0 Å². The van der Waals surface area contributed by atoms with Gasteiger partial charge in [0.05, 0.1) is 0 Å². The molecule has 0 amide bonds. The van der Waals surface area contributed by atoms with Crippen LogP contribution in [0.15, 0.2) is 12.2 Å². The highest BCUT2D eigenvalue weighted by Crippen LogP contribution is 2.33. The molecule has 0 saturated heterocycles. The van der Waals surface area contributed by atoms with Crippen LogP contribution in [-0.2, 0) is 0 Å². The monoisotopic (exact) mass is 267 g/mol. The fraction of sp³-hybridized carbons (Fsp3) is 0.889. The Labute approximate surface area is 122 Å². The summed E-state index contributed by atoms with van der Waals surface area (Å²) in [6.07, 6.45) is 8.39. The lowest BCUT2D eigenvalue weighted by molar-refractivity contribution is 0.148. The van der Waals surface area contributed by atoms with Gasteiger partial charge in [-0.2, -0.15) is 0 Å². The van der Waals surface area contributed by atoms with Crippen LogP contribution in [-0.4, -0.2) is 25.0 Å². The van der Waals surface area contributed by atoms with Gasteiger partial charge in [0, 0.05) is 13.1 Å². The van der Waals surface area contributed by atoms with Gasteiger partial charge >= 0.3 is 0 Å². The van der Waals surface area contributed by atoms with Crippen LogP contribution in [0.4, 0.5) is 0 Å². The molecule has 0 saturated carbocycles. The van der Waals surface area contributed by atoms with Crippen LogP contribution in [0.1, 0.15) is 67.7 Å². The maximum absolute atomic E-state index is 2.48. The highest BCUT2D eigenvalue weighted by molar-refractivity contribution is 4.87. The SMILES string of the molecule is CCC(C)/C=C/CCN(C)CC(C)(C)CC(C)(C)C. The van der Waals surface area contributed by atoms with Crippen LogP contribution < -0.4 is 0 Å². The summed E-state index contributed by atoms with van der Waals surface area (Å²) in [4.78, 5) is 2.48. The summed E-state index contributed by atoms with van der Waals surface area (Å²) in [5.74, 6) is 0.725. The first-order chi connectivity index (χ1) is 8.56. The van der Waals surface area contributed by atoms with Gasteiger partial charge in [0.1, 0.15) is 0 Å². The second kappa shape index (κ2) is 8.09. The Bertz CT molecular complexity index is 257. The van der Waals surface area contributed by atoms with Crippen molar-refractivity contribution in [1.29, 1.82) is 0 Å². The Kier molecular flexibility index (Phi) is 7.96. The summed E-state index contributed by atoms with van der Waals surface area (Å²) in [7, 11) is 2.25. The van der Waals surface area contributed by atoms with Gasteiger partial charge in [0.15, 0.2) is 0 Å². The molecule has 0 aliphatic carbocycles. The van der Waals surface area contributed by atoms with Crippen LogP contribution in [0.2, 0.25) is 0 Å². The van der Waals surface area contributed by atoms with E-state index in [1.807, 2.05) is 0 Å². The largest absolute Gasteiger partial charge is 0.306 e. The topological polar surface area (TPSA) is 3.24 Å². The third kappa shape index (κ3) is 11.2. The second-order valence-corrected chi connectivity index (χ2v) is 8.24. The van der Waals surface area contributed by atoms with E-state index in [0.29, 0.717) is 10.8 Å². The quantitative estimate of drug-likeness (QED) is 0.534. The first-order valence-electron chi connectivity index (χ1n) is 7.91. The molecule has 1 unspecified atom stereocenters. The zero-order valence-electron chi connectivity index (χ0n) is 14.7. The minimum Gasteiger partial charge on any atom is -0.306 e. The summed E-state index contributed by atoms with van der Waals surface area (Å²) < 4.78 is 0. The van der Waals surface area contributed by atoms with Gasteiger partial charge in [0.25, 0.3) is 0 Å². The molecule has 0 bridgehead atoms. The van der Waals surface area contributed by atoms with Crippen LogP contribution in [0, 0.1) is 16.7 Å². The van der Waals surface area contributed by atoms with Crippen LogP contribution in [0.5, 0.6) is 0 Å². The van der Waals surface area contributed by atoms with E-state index in [2.05, 4.69) is 72.6 Å². The highest BCUT2D eigenvalue weighted by atomic mass is 15.1. The number of hydrogen-bond acceptors (Lipinski definition) is 1. The second-order valence-electron chi connectivity index (χ2n) is 8.24. The third-order valence-corrected chi connectivity index (χ3v) is 3.49. The molecular weight excluding hydrogens is 230 g/mol. The van der Waals surface area contributed by atoms with E-state index in [-0.39, 0.29) is 0 Å². The van der Waals surface area contributed by atoms with Gasteiger partial charge in [0.2, 0.25) is 0 Å².